The predicted octanol–water partition coefficient (Wildman–Crippen LogP) is 0.580. The van der Waals surface area contributed by atoms with E-state index in [-0.39, 0.29) is 11.8 Å². The van der Waals surface area contributed by atoms with Crippen LogP contribution in [0.3, 0.4) is 0 Å². The van der Waals surface area contributed by atoms with Crippen LogP contribution in [-0.2, 0) is 22.5 Å². The smallest absolute Gasteiger partial charge is 0.230 e. The van der Waals surface area contributed by atoms with Crippen molar-refractivity contribution in [2.24, 2.45) is 11.3 Å². The Morgan fingerprint density at radius 3 is 2.89 bits per heavy atom. The van der Waals surface area contributed by atoms with Gasteiger partial charge in [0.1, 0.15) is 18.4 Å². The van der Waals surface area contributed by atoms with E-state index < -0.39 is 5.41 Å². The highest BCUT2D eigenvalue weighted by Gasteiger charge is 2.55. The SMILES string of the molecule is Cc1noc(C)c1CCCNC(=O)[C@]12COC[C@H]1CN(CCn1cnnc1)C2. The summed E-state index contributed by atoms with van der Waals surface area (Å²) in [4.78, 5) is 15.4. The van der Waals surface area contributed by atoms with Gasteiger partial charge < -0.3 is 19.1 Å². The van der Waals surface area contributed by atoms with Crippen LogP contribution < -0.4 is 5.32 Å². The van der Waals surface area contributed by atoms with Gasteiger partial charge in [0.25, 0.3) is 0 Å². The number of ether oxygens (including phenoxy) is 1. The number of aryl methyl sites for hydroxylation is 2. The van der Waals surface area contributed by atoms with Crippen molar-refractivity contribution < 1.29 is 14.1 Å². The predicted molar refractivity (Wildman–Crippen MR) is 101 cm³/mol. The lowest BCUT2D eigenvalue weighted by atomic mass is 9.80. The Morgan fingerprint density at radius 2 is 2.14 bits per heavy atom. The van der Waals surface area contributed by atoms with Gasteiger partial charge in [-0.15, -0.1) is 10.2 Å². The van der Waals surface area contributed by atoms with Gasteiger partial charge in [0, 0.05) is 44.2 Å². The van der Waals surface area contributed by atoms with Gasteiger partial charge >= 0.3 is 0 Å². The lowest BCUT2D eigenvalue weighted by Crippen LogP contribution is -2.47. The van der Waals surface area contributed by atoms with E-state index in [1.807, 2.05) is 18.4 Å². The third-order valence-electron chi connectivity index (χ3n) is 6.11. The molecule has 2 aliphatic rings. The van der Waals surface area contributed by atoms with Crippen molar-refractivity contribution in [3.8, 4) is 0 Å². The molecule has 0 aliphatic carbocycles. The van der Waals surface area contributed by atoms with E-state index in [9.17, 15) is 4.79 Å². The Kier molecular flexibility index (Phi) is 5.45. The molecular formula is C19H28N6O3. The first kappa shape index (κ1) is 19.1. The summed E-state index contributed by atoms with van der Waals surface area (Å²) in [7, 11) is 0. The maximum absolute atomic E-state index is 13.0. The van der Waals surface area contributed by atoms with Crippen LogP contribution in [0.5, 0.6) is 0 Å². The van der Waals surface area contributed by atoms with Crippen molar-refractivity contribution in [3.63, 3.8) is 0 Å². The topological polar surface area (TPSA) is 98.3 Å². The molecule has 2 aliphatic heterocycles. The molecule has 0 unspecified atom stereocenters. The maximum Gasteiger partial charge on any atom is 0.230 e. The summed E-state index contributed by atoms with van der Waals surface area (Å²) in [6.45, 7) is 9.07. The van der Waals surface area contributed by atoms with Gasteiger partial charge in [-0.05, 0) is 26.7 Å². The molecule has 9 nitrogen and oxygen atoms in total. The van der Waals surface area contributed by atoms with E-state index in [1.54, 1.807) is 12.7 Å². The summed E-state index contributed by atoms with van der Waals surface area (Å²) in [5.41, 5.74) is 1.66. The van der Waals surface area contributed by atoms with Gasteiger partial charge in [-0.1, -0.05) is 5.16 Å². The number of aromatic nitrogens is 4. The highest BCUT2D eigenvalue weighted by molar-refractivity contribution is 5.84. The summed E-state index contributed by atoms with van der Waals surface area (Å²) in [6, 6.07) is 0. The van der Waals surface area contributed by atoms with Crippen molar-refractivity contribution in [3.05, 3.63) is 29.7 Å². The Labute approximate surface area is 164 Å². The fraction of sp³-hybridized carbons (Fsp3) is 0.684. The summed E-state index contributed by atoms with van der Waals surface area (Å²) >= 11 is 0. The van der Waals surface area contributed by atoms with Gasteiger partial charge in [-0.2, -0.15) is 0 Å². The Morgan fingerprint density at radius 1 is 1.32 bits per heavy atom. The first-order chi connectivity index (χ1) is 13.6. The largest absolute Gasteiger partial charge is 0.380 e. The number of nitrogens with one attached hydrogen (secondary N) is 1. The zero-order valence-electron chi connectivity index (χ0n) is 16.6. The van der Waals surface area contributed by atoms with Crippen LogP contribution in [0.1, 0.15) is 23.4 Å². The number of likely N-dealkylation sites (tertiary alicyclic amines) is 1. The number of carbonyl (C=O) groups excluding carboxylic acids is 1. The summed E-state index contributed by atoms with van der Waals surface area (Å²) in [6.07, 6.45) is 5.18. The molecule has 152 valence electrons. The molecular weight excluding hydrogens is 360 g/mol. The van der Waals surface area contributed by atoms with Crippen LogP contribution in [-0.4, -0.2) is 70.1 Å². The normalized spacial score (nSPS) is 24.6. The minimum atomic E-state index is -0.420. The third kappa shape index (κ3) is 3.68. The number of hydrogen-bond donors (Lipinski definition) is 1. The van der Waals surface area contributed by atoms with E-state index in [0.717, 1.165) is 56.0 Å². The molecule has 1 N–H and O–H groups in total. The number of amides is 1. The number of carbonyl (C=O) groups is 1. The summed E-state index contributed by atoms with van der Waals surface area (Å²) in [5, 5.41) is 14.8. The van der Waals surface area contributed by atoms with Gasteiger partial charge in [0.15, 0.2) is 0 Å². The maximum atomic E-state index is 13.0. The highest BCUT2D eigenvalue weighted by Crippen LogP contribution is 2.41. The molecule has 1 amide bonds. The first-order valence-corrected chi connectivity index (χ1v) is 9.91. The van der Waals surface area contributed by atoms with Crippen LogP contribution in [0, 0.1) is 25.2 Å². The van der Waals surface area contributed by atoms with Gasteiger partial charge in [0.05, 0.1) is 24.3 Å². The fourth-order valence-corrected chi connectivity index (χ4v) is 4.43. The molecule has 0 saturated carbocycles. The second-order valence-corrected chi connectivity index (χ2v) is 7.97. The van der Waals surface area contributed by atoms with Crippen LogP contribution in [0.2, 0.25) is 0 Å². The standard InChI is InChI=1S/C19H28N6O3/c1-14-17(15(2)28-23-14)4-3-5-20-18(26)19-10-24(8-16(19)9-27-11-19)6-7-25-12-21-22-13-25/h12-13,16H,3-11H2,1-2H3,(H,20,26)/t16-,19-/m1/s1. The second-order valence-electron chi connectivity index (χ2n) is 7.97. The number of fused-ring (bicyclic) bond motifs is 1. The first-order valence-electron chi connectivity index (χ1n) is 9.91. The average Bonchev–Trinajstić information content (AvgIpc) is 3.43. The Bertz CT molecular complexity index is 785. The van der Waals surface area contributed by atoms with Crippen molar-refractivity contribution in [1.29, 1.82) is 0 Å². The summed E-state index contributed by atoms with van der Waals surface area (Å²) in [5.74, 6) is 1.25. The molecule has 2 aromatic rings. The van der Waals surface area contributed by atoms with E-state index >= 15 is 0 Å². The average molecular weight is 388 g/mol. The molecule has 0 radical (unpaired) electrons. The molecule has 0 aromatic carbocycles. The van der Waals surface area contributed by atoms with E-state index in [0.29, 0.717) is 19.8 Å². The van der Waals surface area contributed by atoms with E-state index in [2.05, 4.69) is 25.6 Å². The van der Waals surface area contributed by atoms with Crippen LogP contribution >= 0.6 is 0 Å². The number of hydrogen-bond acceptors (Lipinski definition) is 7. The Hall–Kier alpha value is -2.26. The summed E-state index contributed by atoms with van der Waals surface area (Å²) < 4.78 is 12.9. The van der Waals surface area contributed by atoms with Gasteiger partial charge in [-0.3, -0.25) is 9.69 Å². The minimum Gasteiger partial charge on any atom is -0.380 e. The van der Waals surface area contributed by atoms with Crippen molar-refractivity contribution >= 4 is 5.91 Å². The van der Waals surface area contributed by atoms with Crippen molar-refractivity contribution in [2.45, 2.75) is 33.2 Å². The van der Waals surface area contributed by atoms with Crippen molar-refractivity contribution in [2.75, 3.05) is 39.4 Å². The molecule has 2 atom stereocenters. The third-order valence-corrected chi connectivity index (χ3v) is 6.11. The lowest BCUT2D eigenvalue weighted by molar-refractivity contribution is -0.131. The highest BCUT2D eigenvalue weighted by atomic mass is 16.5. The Balaban J connectivity index is 1.28. The van der Waals surface area contributed by atoms with Gasteiger partial charge in [0.2, 0.25) is 5.91 Å². The second kappa shape index (κ2) is 8.00. The number of nitrogens with zero attached hydrogens (tertiary/aromatic N) is 5. The van der Waals surface area contributed by atoms with Crippen LogP contribution in [0.4, 0.5) is 0 Å². The molecule has 28 heavy (non-hydrogen) atoms. The molecule has 9 heteroatoms. The zero-order valence-corrected chi connectivity index (χ0v) is 16.6. The molecule has 0 bridgehead atoms. The fourth-order valence-electron chi connectivity index (χ4n) is 4.43. The monoisotopic (exact) mass is 388 g/mol. The molecule has 4 heterocycles. The van der Waals surface area contributed by atoms with E-state index in [4.69, 9.17) is 9.26 Å². The molecule has 4 rings (SSSR count). The van der Waals surface area contributed by atoms with Crippen LogP contribution in [0.25, 0.3) is 0 Å². The number of rotatable bonds is 8. The van der Waals surface area contributed by atoms with Gasteiger partial charge in [-0.25, -0.2) is 0 Å². The van der Waals surface area contributed by atoms with Crippen LogP contribution in [0.15, 0.2) is 17.2 Å². The molecule has 2 fully saturated rings. The molecule has 2 saturated heterocycles. The zero-order chi connectivity index (χ0) is 19.6. The lowest BCUT2D eigenvalue weighted by Gasteiger charge is -2.26. The van der Waals surface area contributed by atoms with E-state index in [1.165, 1.54) is 0 Å². The quantitative estimate of drug-likeness (QED) is 0.661. The molecule has 0 spiro atoms. The molecule has 2 aromatic heterocycles. The minimum absolute atomic E-state index is 0.126. The van der Waals surface area contributed by atoms with Crippen molar-refractivity contribution in [1.82, 2.24) is 30.1 Å².